The van der Waals surface area contributed by atoms with E-state index < -0.39 is 0 Å². The summed E-state index contributed by atoms with van der Waals surface area (Å²) in [7, 11) is 1.83. The maximum Gasteiger partial charge on any atom is 0.229 e. The molecule has 0 aromatic heterocycles. The molecule has 1 amide bonds. The van der Waals surface area contributed by atoms with E-state index in [0.717, 1.165) is 16.7 Å². The third-order valence-corrected chi connectivity index (χ3v) is 4.57. The van der Waals surface area contributed by atoms with Gasteiger partial charge in [0.25, 0.3) is 0 Å². The van der Waals surface area contributed by atoms with Gasteiger partial charge in [-0.1, -0.05) is 48.0 Å². The Hall–Kier alpha value is -1.96. The van der Waals surface area contributed by atoms with Crippen LogP contribution < -0.4 is 21.9 Å². The zero-order chi connectivity index (χ0) is 17.8. The summed E-state index contributed by atoms with van der Waals surface area (Å²) in [5.41, 5.74) is 14.8. The van der Waals surface area contributed by atoms with Gasteiger partial charge in [-0.3, -0.25) is 4.79 Å². The number of halogens is 1. The minimum atomic E-state index is -0.211. The summed E-state index contributed by atoms with van der Waals surface area (Å²) in [6.45, 7) is 2.47. The molecule has 0 saturated carbocycles. The number of benzene rings is 2. The van der Waals surface area contributed by atoms with Gasteiger partial charge in [-0.15, -0.1) is 0 Å². The van der Waals surface area contributed by atoms with Gasteiger partial charge in [0.2, 0.25) is 5.91 Å². The van der Waals surface area contributed by atoms with Crippen LogP contribution >= 0.6 is 11.6 Å². The second kappa shape index (κ2) is 7.95. The maximum absolute atomic E-state index is 12.7. The average molecular weight is 360 g/mol. The van der Waals surface area contributed by atoms with Gasteiger partial charge in [0, 0.05) is 18.6 Å². The van der Waals surface area contributed by atoms with Crippen molar-refractivity contribution in [3.63, 3.8) is 0 Å². The van der Waals surface area contributed by atoms with E-state index in [-0.39, 0.29) is 18.0 Å². The van der Waals surface area contributed by atoms with Crippen molar-refractivity contribution in [1.29, 1.82) is 0 Å². The molecule has 1 atom stereocenters. The van der Waals surface area contributed by atoms with Crippen LogP contribution in [0.4, 0.5) is 0 Å². The highest BCUT2D eigenvalue weighted by Gasteiger charge is 2.20. The SMILES string of the molecule is CC(C(=O)N(C)Cc1cccc(C2NNNN2)c1)c1ccc(Cl)cc1. The third kappa shape index (κ3) is 4.36. The van der Waals surface area contributed by atoms with Gasteiger partial charge < -0.3 is 4.90 Å². The molecule has 2 aromatic carbocycles. The van der Waals surface area contributed by atoms with Crippen LogP contribution in [0.15, 0.2) is 48.5 Å². The standard InChI is InChI=1S/C18H22ClN5O/c1-12(14-6-8-16(19)9-7-14)18(25)24(2)11-13-4-3-5-15(10-13)17-20-22-23-21-17/h3-10,12,17,20-23H,11H2,1-2H3. The summed E-state index contributed by atoms with van der Waals surface area (Å²) in [4.78, 5) is 14.5. The van der Waals surface area contributed by atoms with E-state index in [0.29, 0.717) is 11.6 Å². The Morgan fingerprint density at radius 1 is 1.16 bits per heavy atom. The number of rotatable bonds is 5. The van der Waals surface area contributed by atoms with E-state index in [9.17, 15) is 4.79 Å². The topological polar surface area (TPSA) is 68.4 Å². The van der Waals surface area contributed by atoms with Crippen LogP contribution in [0.5, 0.6) is 0 Å². The molecule has 0 radical (unpaired) electrons. The molecule has 0 bridgehead atoms. The van der Waals surface area contributed by atoms with Crippen LogP contribution in [0.1, 0.15) is 35.7 Å². The Morgan fingerprint density at radius 3 is 2.52 bits per heavy atom. The fourth-order valence-corrected chi connectivity index (χ4v) is 2.99. The van der Waals surface area contributed by atoms with Crippen LogP contribution in [0.25, 0.3) is 0 Å². The van der Waals surface area contributed by atoms with Crippen LogP contribution in [0.2, 0.25) is 5.02 Å². The molecule has 1 aliphatic rings. The number of hydrogen-bond donors (Lipinski definition) is 4. The largest absolute Gasteiger partial charge is 0.341 e. The Balaban J connectivity index is 1.66. The van der Waals surface area contributed by atoms with Crippen molar-refractivity contribution in [3.05, 3.63) is 70.2 Å². The molecular weight excluding hydrogens is 338 g/mol. The number of nitrogens with zero attached hydrogens (tertiary/aromatic N) is 1. The lowest BCUT2D eigenvalue weighted by atomic mass is 9.99. The van der Waals surface area contributed by atoms with Gasteiger partial charge in [-0.05, 0) is 35.7 Å². The van der Waals surface area contributed by atoms with E-state index in [1.54, 1.807) is 4.90 Å². The Labute approximate surface area is 152 Å². The first kappa shape index (κ1) is 17.8. The lowest BCUT2D eigenvalue weighted by Gasteiger charge is -2.22. The number of hydrazine groups is 3. The van der Waals surface area contributed by atoms with Crippen molar-refractivity contribution < 1.29 is 4.79 Å². The summed E-state index contributed by atoms with van der Waals surface area (Å²) in [5.74, 6) is -0.134. The van der Waals surface area contributed by atoms with Crippen LogP contribution in [-0.2, 0) is 11.3 Å². The van der Waals surface area contributed by atoms with E-state index in [1.807, 2.05) is 56.4 Å². The molecule has 2 aromatic rings. The van der Waals surface area contributed by atoms with Gasteiger partial charge in [0.05, 0.1) is 5.92 Å². The van der Waals surface area contributed by atoms with Gasteiger partial charge in [-0.25, -0.2) is 10.9 Å². The van der Waals surface area contributed by atoms with Crippen molar-refractivity contribution >= 4 is 17.5 Å². The maximum atomic E-state index is 12.7. The highest BCUT2D eigenvalue weighted by atomic mass is 35.5. The first-order valence-corrected chi connectivity index (χ1v) is 8.53. The number of amides is 1. The average Bonchev–Trinajstić information content (AvgIpc) is 3.16. The molecular formula is C18H22ClN5O. The summed E-state index contributed by atoms with van der Waals surface area (Å²) in [5, 5.41) is 0.673. The lowest BCUT2D eigenvalue weighted by molar-refractivity contribution is -0.131. The Morgan fingerprint density at radius 2 is 1.84 bits per heavy atom. The fourth-order valence-electron chi connectivity index (χ4n) is 2.87. The van der Waals surface area contributed by atoms with Gasteiger partial charge in [0.1, 0.15) is 6.17 Å². The fraction of sp³-hybridized carbons (Fsp3) is 0.278. The summed E-state index contributed by atoms with van der Waals surface area (Å²) < 4.78 is 0. The van der Waals surface area contributed by atoms with Crippen molar-refractivity contribution in [1.82, 2.24) is 26.8 Å². The molecule has 1 saturated heterocycles. The minimum absolute atomic E-state index is 0.0195. The highest BCUT2D eigenvalue weighted by molar-refractivity contribution is 6.30. The van der Waals surface area contributed by atoms with Crippen LogP contribution in [0, 0.1) is 0 Å². The predicted octanol–water partition coefficient (Wildman–Crippen LogP) is 2.22. The van der Waals surface area contributed by atoms with Crippen molar-refractivity contribution in [2.24, 2.45) is 0 Å². The smallest absolute Gasteiger partial charge is 0.229 e. The molecule has 1 fully saturated rings. The highest BCUT2D eigenvalue weighted by Crippen LogP contribution is 2.21. The molecule has 25 heavy (non-hydrogen) atoms. The molecule has 1 heterocycles. The third-order valence-electron chi connectivity index (χ3n) is 4.32. The Kier molecular flexibility index (Phi) is 5.67. The number of carbonyl (C=O) groups excluding carboxylic acids is 1. The lowest BCUT2D eigenvalue weighted by Crippen LogP contribution is -2.33. The van der Waals surface area contributed by atoms with Crippen molar-refractivity contribution in [3.8, 4) is 0 Å². The van der Waals surface area contributed by atoms with E-state index >= 15 is 0 Å². The zero-order valence-corrected chi connectivity index (χ0v) is 15.0. The van der Waals surface area contributed by atoms with Crippen LogP contribution in [-0.4, -0.2) is 17.9 Å². The molecule has 4 N–H and O–H groups in total. The molecule has 3 rings (SSSR count). The molecule has 132 valence electrons. The summed E-state index contributed by atoms with van der Waals surface area (Å²) >= 11 is 5.92. The molecule has 7 heteroatoms. The molecule has 1 aliphatic heterocycles. The second-order valence-corrected chi connectivity index (χ2v) is 6.62. The summed E-state index contributed by atoms with van der Waals surface area (Å²) in [6, 6.07) is 15.6. The second-order valence-electron chi connectivity index (χ2n) is 6.18. The van der Waals surface area contributed by atoms with Gasteiger partial charge in [-0.2, -0.15) is 11.1 Å². The quantitative estimate of drug-likeness (QED) is 0.659. The molecule has 0 aliphatic carbocycles. The van der Waals surface area contributed by atoms with E-state index in [4.69, 9.17) is 11.6 Å². The number of carbonyl (C=O) groups is 1. The summed E-state index contributed by atoms with van der Waals surface area (Å²) in [6.07, 6.45) is -0.0195. The number of hydrogen-bond acceptors (Lipinski definition) is 5. The monoisotopic (exact) mass is 359 g/mol. The van der Waals surface area contributed by atoms with Crippen molar-refractivity contribution in [2.45, 2.75) is 25.6 Å². The first-order valence-electron chi connectivity index (χ1n) is 8.15. The normalized spacial score (nSPS) is 16.0. The Bertz CT molecular complexity index is 731. The van der Waals surface area contributed by atoms with E-state index in [1.165, 1.54) is 0 Å². The molecule has 6 nitrogen and oxygen atoms in total. The van der Waals surface area contributed by atoms with Gasteiger partial charge >= 0.3 is 0 Å². The van der Waals surface area contributed by atoms with Gasteiger partial charge in [0.15, 0.2) is 0 Å². The molecule has 1 unspecified atom stereocenters. The predicted molar refractivity (Wildman–Crippen MR) is 98.1 cm³/mol. The van der Waals surface area contributed by atoms with E-state index in [2.05, 4.69) is 28.0 Å². The minimum Gasteiger partial charge on any atom is -0.341 e. The van der Waals surface area contributed by atoms with Crippen molar-refractivity contribution in [2.75, 3.05) is 7.05 Å². The van der Waals surface area contributed by atoms with Crippen LogP contribution in [0.3, 0.4) is 0 Å². The first-order chi connectivity index (χ1) is 12.0. The molecule has 0 spiro atoms. The number of nitrogens with one attached hydrogen (secondary N) is 4. The number of likely N-dealkylation sites (N-methyl/N-ethyl adjacent to an activating group) is 1. The zero-order valence-electron chi connectivity index (χ0n) is 14.2.